The maximum Gasteiger partial charge on any atom is 0.0599 e. The molecule has 1 rings (SSSR count). The molecule has 3 heteroatoms. The molecule has 0 spiro atoms. The number of hydrogen-bond acceptors (Lipinski definition) is 3. The molecule has 1 aromatic carbocycles. The Morgan fingerprint density at radius 3 is 2.35 bits per heavy atom. The molecule has 0 unspecified atom stereocenters. The second kappa shape index (κ2) is 7.17. The lowest BCUT2D eigenvalue weighted by Gasteiger charge is -2.26. The average Bonchev–Trinajstić information content (AvgIpc) is 2.28. The quantitative estimate of drug-likeness (QED) is 0.737. The Bertz CT molecular complexity index is 323. The molecule has 17 heavy (non-hydrogen) atoms. The summed E-state index contributed by atoms with van der Waals surface area (Å²) in [6.45, 7) is 5.47. The SMILES string of the molecule is CCCN(CCCN(C)C)c1ccccc1N. The van der Waals surface area contributed by atoms with Gasteiger partial charge in [0.2, 0.25) is 0 Å². The zero-order valence-corrected chi connectivity index (χ0v) is 11.3. The Balaban J connectivity index is 2.62. The van der Waals surface area contributed by atoms with Gasteiger partial charge in [0.05, 0.1) is 11.4 Å². The molecule has 0 fully saturated rings. The number of benzene rings is 1. The van der Waals surface area contributed by atoms with Gasteiger partial charge in [0, 0.05) is 13.1 Å². The third kappa shape index (κ3) is 4.65. The van der Waals surface area contributed by atoms with Crippen LogP contribution in [0.5, 0.6) is 0 Å². The Morgan fingerprint density at radius 1 is 1.06 bits per heavy atom. The molecule has 0 atom stereocenters. The summed E-state index contributed by atoms with van der Waals surface area (Å²) < 4.78 is 0. The van der Waals surface area contributed by atoms with Crippen LogP contribution in [0.2, 0.25) is 0 Å². The lowest BCUT2D eigenvalue weighted by Crippen LogP contribution is -2.28. The first-order valence-corrected chi connectivity index (χ1v) is 6.39. The van der Waals surface area contributed by atoms with Crippen LogP contribution in [0.15, 0.2) is 24.3 Å². The maximum atomic E-state index is 6.03. The zero-order chi connectivity index (χ0) is 12.7. The average molecular weight is 235 g/mol. The van der Waals surface area contributed by atoms with Gasteiger partial charge in [0.15, 0.2) is 0 Å². The zero-order valence-electron chi connectivity index (χ0n) is 11.3. The summed E-state index contributed by atoms with van der Waals surface area (Å²) in [7, 11) is 4.22. The normalized spacial score (nSPS) is 10.8. The highest BCUT2D eigenvalue weighted by Crippen LogP contribution is 2.22. The second-order valence-corrected chi connectivity index (χ2v) is 4.70. The van der Waals surface area contributed by atoms with Crippen LogP contribution in [0.25, 0.3) is 0 Å². The second-order valence-electron chi connectivity index (χ2n) is 4.70. The highest BCUT2D eigenvalue weighted by atomic mass is 15.1. The standard InChI is InChI=1S/C14H25N3/c1-4-10-17(12-7-11-16(2)3)14-9-6-5-8-13(14)15/h5-6,8-9H,4,7,10-12,15H2,1-3H3. The smallest absolute Gasteiger partial charge is 0.0599 e. The Kier molecular flexibility index (Phi) is 5.84. The maximum absolute atomic E-state index is 6.03. The first-order chi connectivity index (χ1) is 8.15. The fraction of sp³-hybridized carbons (Fsp3) is 0.571. The van der Waals surface area contributed by atoms with E-state index in [1.165, 1.54) is 12.1 Å². The lowest BCUT2D eigenvalue weighted by molar-refractivity contribution is 0.400. The predicted molar refractivity (Wildman–Crippen MR) is 76.5 cm³/mol. The van der Waals surface area contributed by atoms with Crippen molar-refractivity contribution in [2.24, 2.45) is 0 Å². The summed E-state index contributed by atoms with van der Waals surface area (Å²) in [5.41, 5.74) is 8.09. The van der Waals surface area contributed by atoms with Crippen molar-refractivity contribution in [1.29, 1.82) is 0 Å². The van der Waals surface area contributed by atoms with Gasteiger partial charge in [-0.1, -0.05) is 19.1 Å². The molecule has 0 heterocycles. The molecule has 0 amide bonds. The summed E-state index contributed by atoms with van der Waals surface area (Å²) in [5, 5.41) is 0. The molecule has 2 N–H and O–H groups in total. The number of nitrogen functional groups attached to an aromatic ring is 1. The van der Waals surface area contributed by atoms with E-state index in [2.05, 4.69) is 43.0 Å². The van der Waals surface area contributed by atoms with Crippen molar-refractivity contribution < 1.29 is 0 Å². The molecule has 0 aliphatic carbocycles. The Labute approximate surface area is 105 Å². The van der Waals surface area contributed by atoms with E-state index in [0.717, 1.165) is 31.7 Å². The molecule has 0 aliphatic rings. The topological polar surface area (TPSA) is 32.5 Å². The lowest BCUT2D eigenvalue weighted by atomic mass is 10.2. The molecule has 0 radical (unpaired) electrons. The van der Waals surface area contributed by atoms with Crippen LogP contribution in [0.4, 0.5) is 11.4 Å². The fourth-order valence-corrected chi connectivity index (χ4v) is 1.98. The van der Waals surface area contributed by atoms with Gasteiger partial charge >= 0.3 is 0 Å². The van der Waals surface area contributed by atoms with Crippen molar-refractivity contribution in [3.63, 3.8) is 0 Å². The van der Waals surface area contributed by atoms with E-state index in [0.29, 0.717) is 0 Å². The van der Waals surface area contributed by atoms with Crippen LogP contribution in [-0.4, -0.2) is 38.6 Å². The van der Waals surface area contributed by atoms with Crippen LogP contribution in [0.1, 0.15) is 19.8 Å². The van der Waals surface area contributed by atoms with E-state index < -0.39 is 0 Å². The summed E-state index contributed by atoms with van der Waals surface area (Å²) in [6.07, 6.45) is 2.32. The van der Waals surface area contributed by atoms with Crippen molar-refractivity contribution in [3.8, 4) is 0 Å². The van der Waals surface area contributed by atoms with Gasteiger partial charge in [-0.2, -0.15) is 0 Å². The van der Waals surface area contributed by atoms with Gasteiger partial charge in [0.1, 0.15) is 0 Å². The van der Waals surface area contributed by atoms with Crippen LogP contribution in [-0.2, 0) is 0 Å². The van der Waals surface area contributed by atoms with Gasteiger partial charge in [-0.3, -0.25) is 0 Å². The van der Waals surface area contributed by atoms with E-state index in [1.54, 1.807) is 0 Å². The van der Waals surface area contributed by atoms with E-state index in [1.807, 2.05) is 12.1 Å². The summed E-state index contributed by atoms with van der Waals surface area (Å²) >= 11 is 0. The summed E-state index contributed by atoms with van der Waals surface area (Å²) in [6, 6.07) is 8.13. The monoisotopic (exact) mass is 235 g/mol. The molecule has 3 nitrogen and oxygen atoms in total. The molecule has 96 valence electrons. The van der Waals surface area contributed by atoms with Crippen molar-refractivity contribution in [3.05, 3.63) is 24.3 Å². The number of nitrogens with zero attached hydrogens (tertiary/aromatic N) is 2. The van der Waals surface area contributed by atoms with Crippen molar-refractivity contribution >= 4 is 11.4 Å². The minimum Gasteiger partial charge on any atom is -0.397 e. The molecule has 1 aromatic rings. The van der Waals surface area contributed by atoms with Crippen molar-refractivity contribution in [1.82, 2.24) is 4.90 Å². The van der Waals surface area contributed by atoms with Crippen molar-refractivity contribution in [2.45, 2.75) is 19.8 Å². The molecular formula is C14H25N3. The Hall–Kier alpha value is -1.22. The molecular weight excluding hydrogens is 210 g/mol. The van der Waals surface area contributed by atoms with Crippen LogP contribution < -0.4 is 10.6 Å². The van der Waals surface area contributed by atoms with Crippen LogP contribution in [0.3, 0.4) is 0 Å². The third-order valence-corrected chi connectivity index (χ3v) is 2.80. The first-order valence-electron chi connectivity index (χ1n) is 6.39. The molecule has 0 bridgehead atoms. The van der Waals surface area contributed by atoms with E-state index >= 15 is 0 Å². The predicted octanol–water partition coefficient (Wildman–Crippen LogP) is 2.44. The van der Waals surface area contributed by atoms with Gasteiger partial charge in [-0.15, -0.1) is 0 Å². The molecule has 0 aliphatic heterocycles. The largest absolute Gasteiger partial charge is 0.397 e. The molecule has 0 saturated carbocycles. The molecule has 0 saturated heterocycles. The van der Waals surface area contributed by atoms with Gasteiger partial charge in [-0.05, 0) is 45.6 Å². The van der Waals surface area contributed by atoms with E-state index in [9.17, 15) is 0 Å². The number of para-hydroxylation sites is 2. The fourth-order valence-electron chi connectivity index (χ4n) is 1.98. The van der Waals surface area contributed by atoms with Crippen molar-refractivity contribution in [2.75, 3.05) is 44.4 Å². The van der Waals surface area contributed by atoms with Crippen LogP contribution in [0, 0.1) is 0 Å². The highest BCUT2D eigenvalue weighted by Gasteiger charge is 2.08. The molecule has 0 aromatic heterocycles. The van der Waals surface area contributed by atoms with Gasteiger partial charge < -0.3 is 15.5 Å². The highest BCUT2D eigenvalue weighted by molar-refractivity contribution is 5.67. The number of nitrogens with two attached hydrogens (primary N) is 1. The van der Waals surface area contributed by atoms with E-state index in [-0.39, 0.29) is 0 Å². The number of rotatable bonds is 7. The summed E-state index contributed by atoms with van der Waals surface area (Å²) in [5.74, 6) is 0. The first kappa shape index (κ1) is 13.8. The van der Waals surface area contributed by atoms with E-state index in [4.69, 9.17) is 5.73 Å². The third-order valence-electron chi connectivity index (χ3n) is 2.80. The minimum atomic E-state index is 0.880. The number of hydrogen-bond donors (Lipinski definition) is 1. The van der Waals surface area contributed by atoms with Gasteiger partial charge in [-0.25, -0.2) is 0 Å². The van der Waals surface area contributed by atoms with Crippen LogP contribution >= 0.6 is 0 Å². The van der Waals surface area contributed by atoms with Gasteiger partial charge in [0.25, 0.3) is 0 Å². The minimum absolute atomic E-state index is 0.880. The summed E-state index contributed by atoms with van der Waals surface area (Å²) in [4.78, 5) is 4.61. The Morgan fingerprint density at radius 2 is 1.76 bits per heavy atom. The number of anilines is 2.